The molecule has 18 heavy (non-hydrogen) atoms. The molecule has 1 heterocycles. The van der Waals surface area contributed by atoms with Gasteiger partial charge in [-0.3, -0.25) is 0 Å². The van der Waals surface area contributed by atoms with Gasteiger partial charge in [0.15, 0.2) is 0 Å². The van der Waals surface area contributed by atoms with Gasteiger partial charge in [0, 0.05) is 29.5 Å². The molecule has 3 rings (SSSR count). The van der Waals surface area contributed by atoms with E-state index in [1.165, 1.54) is 0 Å². The first kappa shape index (κ1) is 11.1. The number of benzene rings is 2. The Morgan fingerprint density at radius 1 is 1.17 bits per heavy atom. The predicted octanol–water partition coefficient (Wildman–Crippen LogP) is 2.28. The number of nitrogens with zero attached hydrogens (tertiary/aromatic N) is 2. The molecule has 0 radical (unpaired) electrons. The van der Waals surface area contributed by atoms with Gasteiger partial charge in [0.2, 0.25) is 0 Å². The lowest BCUT2D eigenvalue weighted by Crippen LogP contribution is -2.21. The van der Waals surface area contributed by atoms with E-state index in [9.17, 15) is 5.11 Å². The van der Waals surface area contributed by atoms with Crippen LogP contribution in [0.2, 0.25) is 0 Å². The van der Waals surface area contributed by atoms with Crippen LogP contribution in [0.3, 0.4) is 0 Å². The summed E-state index contributed by atoms with van der Waals surface area (Å²) in [6, 6.07) is 14.0. The zero-order valence-electron chi connectivity index (χ0n) is 10.0. The van der Waals surface area contributed by atoms with Crippen LogP contribution < -0.4 is 4.90 Å². The quantitative estimate of drug-likeness (QED) is 0.829. The molecule has 0 bridgehead atoms. The molecule has 1 unspecified atom stereocenters. The van der Waals surface area contributed by atoms with Gasteiger partial charge in [-0.15, -0.1) is 0 Å². The smallest absolute Gasteiger partial charge is 0.0998 e. The molecule has 1 atom stereocenters. The Kier molecular flexibility index (Phi) is 2.66. The molecule has 1 aliphatic rings. The molecule has 90 valence electrons. The first-order chi connectivity index (χ1) is 8.79. The molecule has 1 saturated heterocycles. The SMILES string of the molecule is N#Cc1ccc(N2CCC(O)C2)c2ccccc12. The topological polar surface area (TPSA) is 47.3 Å². The van der Waals surface area contributed by atoms with Gasteiger partial charge in [0.1, 0.15) is 0 Å². The molecule has 0 saturated carbocycles. The second-order valence-electron chi connectivity index (χ2n) is 4.68. The standard InChI is InChI=1S/C15H14N2O/c16-9-11-5-6-15(17-8-7-12(18)10-17)14-4-2-1-3-13(11)14/h1-6,12,18H,7-8,10H2. The maximum Gasteiger partial charge on any atom is 0.0998 e. The highest BCUT2D eigenvalue weighted by Gasteiger charge is 2.22. The Balaban J connectivity index is 2.17. The molecule has 0 amide bonds. The second-order valence-corrected chi connectivity index (χ2v) is 4.68. The summed E-state index contributed by atoms with van der Waals surface area (Å²) in [5, 5.41) is 20.8. The van der Waals surface area contributed by atoms with Crippen LogP contribution in [0.4, 0.5) is 5.69 Å². The Bertz CT molecular complexity index is 630. The van der Waals surface area contributed by atoms with Crippen LogP contribution in [-0.2, 0) is 0 Å². The maximum absolute atomic E-state index is 9.64. The number of β-amino-alcohol motifs (C(OH)–C–C–N with tert-alkyl or cyclic N) is 1. The summed E-state index contributed by atoms with van der Waals surface area (Å²) >= 11 is 0. The largest absolute Gasteiger partial charge is 0.391 e. The third-order valence-corrected chi connectivity index (χ3v) is 3.53. The number of hydrogen-bond acceptors (Lipinski definition) is 3. The van der Waals surface area contributed by atoms with Gasteiger partial charge in [-0.1, -0.05) is 24.3 Å². The highest BCUT2D eigenvalue weighted by atomic mass is 16.3. The van der Waals surface area contributed by atoms with E-state index >= 15 is 0 Å². The van der Waals surface area contributed by atoms with Crippen molar-refractivity contribution in [1.29, 1.82) is 5.26 Å². The van der Waals surface area contributed by atoms with E-state index in [-0.39, 0.29) is 6.10 Å². The normalized spacial score (nSPS) is 19.1. The van der Waals surface area contributed by atoms with Gasteiger partial charge in [-0.25, -0.2) is 0 Å². The van der Waals surface area contributed by atoms with E-state index in [2.05, 4.69) is 11.0 Å². The van der Waals surface area contributed by atoms with Crippen molar-refractivity contribution < 1.29 is 5.11 Å². The van der Waals surface area contributed by atoms with E-state index in [0.717, 1.165) is 29.4 Å². The van der Waals surface area contributed by atoms with Crippen LogP contribution in [0.5, 0.6) is 0 Å². The van der Waals surface area contributed by atoms with Gasteiger partial charge in [-0.05, 0) is 18.6 Å². The fourth-order valence-corrected chi connectivity index (χ4v) is 2.62. The number of aliphatic hydroxyl groups is 1. The second kappa shape index (κ2) is 4.32. The van der Waals surface area contributed by atoms with Crippen molar-refractivity contribution in [2.45, 2.75) is 12.5 Å². The van der Waals surface area contributed by atoms with Crippen molar-refractivity contribution in [1.82, 2.24) is 0 Å². The number of fused-ring (bicyclic) bond motifs is 1. The lowest BCUT2D eigenvalue weighted by Gasteiger charge is -2.20. The summed E-state index contributed by atoms with van der Waals surface area (Å²) in [4.78, 5) is 2.19. The van der Waals surface area contributed by atoms with Gasteiger partial charge in [0.25, 0.3) is 0 Å². The van der Waals surface area contributed by atoms with E-state index < -0.39 is 0 Å². The Morgan fingerprint density at radius 2 is 1.94 bits per heavy atom. The van der Waals surface area contributed by atoms with Crippen LogP contribution in [0.15, 0.2) is 36.4 Å². The minimum atomic E-state index is -0.237. The summed E-state index contributed by atoms with van der Waals surface area (Å²) in [5.41, 5.74) is 1.82. The number of anilines is 1. The first-order valence-electron chi connectivity index (χ1n) is 6.14. The minimum absolute atomic E-state index is 0.237. The van der Waals surface area contributed by atoms with E-state index in [1.807, 2.05) is 36.4 Å². The minimum Gasteiger partial charge on any atom is -0.391 e. The van der Waals surface area contributed by atoms with Crippen molar-refractivity contribution in [2.75, 3.05) is 18.0 Å². The Hall–Kier alpha value is -2.05. The molecular formula is C15H14N2O. The lowest BCUT2D eigenvalue weighted by molar-refractivity contribution is 0.198. The van der Waals surface area contributed by atoms with Crippen LogP contribution in [0, 0.1) is 11.3 Å². The van der Waals surface area contributed by atoms with Gasteiger partial charge in [-0.2, -0.15) is 5.26 Å². The summed E-state index contributed by atoms with van der Waals surface area (Å²) in [7, 11) is 0. The summed E-state index contributed by atoms with van der Waals surface area (Å²) < 4.78 is 0. The van der Waals surface area contributed by atoms with Crippen LogP contribution >= 0.6 is 0 Å². The van der Waals surface area contributed by atoms with E-state index in [4.69, 9.17) is 5.26 Å². The summed E-state index contributed by atoms with van der Waals surface area (Å²) in [6.07, 6.45) is 0.577. The zero-order valence-corrected chi connectivity index (χ0v) is 10.0. The molecule has 3 heteroatoms. The van der Waals surface area contributed by atoms with Crippen molar-refractivity contribution >= 4 is 16.5 Å². The fraction of sp³-hybridized carbons (Fsp3) is 0.267. The number of nitriles is 1. The van der Waals surface area contributed by atoms with Crippen LogP contribution in [-0.4, -0.2) is 24.3 Å². The summed E-state index contributed by atoms with van der Waals surface area (Å²) in [5.74, 6) is 0. The fourth-order valence-electron chi connectivity index (χ4n) is 2.62. The number of aliphatic hydroxyl groups excluding tert-OH is 1. The highest BCUT2D eigenvalue weighted by molar-refractivity contribution is 5.97. The van der Waals surface area contributed by atoms with Crippen molar-refractivity contribution in [3.05, 3.63) is 42.0 Å². The van der Waals surface area contributed by atoms with Crippen molar-refractivity contribution in [3.63, 3.8) is 0 Å². The van der Waals surface area contributed by atoms with Gasteiger partial charge >= 0.3 is 0 Å². The zero-order chi connectivity index (χ0) is 12.5. The molecule has 2 aromatic carbocycles. The predicted molar refractivity (Wildman–Crippen MR) is 71.5 cm³/mol. The third kappa shape index (κ3) is 1.71. The van der Waals surface area contributed by atoms with Crippen LogP contribution in [0.1, 0.15) is 12.0 Å². The van der Waals surface area contributed by atoms with Gasteiger partial charge < -0.3 is 10.0 Å². The average Bonchev–Trinajstić information content (AvgIpc) is 2.84. The van der Waals surface area contributed by atoms with Crippen molar-refractivity contribution in [3.8, 4) is 6.07 Å². The number of rotatable bonds is 1. The number of hydrogen-bond donors (Lipinski definition) is 1. The first-order valence-corrected chi connectivity index (χ1v) is 6.14. The summed E-state index contributed by atoms with van der Waals surface area (Å²) in [6.45, 7) is 1.55. The Morgan fingerprint density at radius 3 is 2.61 bits per heavy atom. The third-order valence-electron chi connectivity index (χ3n) is 3.53. The molecule has 0 spiro atoms. The molecule has 3 nitrogen and oxygen atoms in total. The monoisotopic (exact) mass is 238 g/mol. The molecule has 0 aromatic heterocycles. The maximum atomic E-state index is 9.64. The molecule has 1 fully saturated rings. The lowest BCUT2D eigenvalue weighted by atomic mass is 10.0. The van der Waals surface area contributed by atoms with E-state index in [0.29, 0.717) is 12.1 Å². The molecule has 2 aromatic rings. The molecule has 1 aliphatic heterocycles. The van der Waals surface area contributed by atoms with Crippen LogP contribution in [0.25, 0.3) is 10.8 Å². The molecule has 1 N–H and O–H groups in total. The molecule has 0 aliphatic carbocycles. The van der Waals surface area contributed by atoms with Gasteiger partial charge in [0.05, 0.1) is 17.7 Å². The molecular weight excluding hydrogens is 224 g/mol. The van der Waals surface area contributed by atoms with E-state index in [1.54, 1.807) is 0 Å². The van der Waals surface area contributed by atoms with Crippen molar-refractivity contribution in [2.24, 2.45) is 0 Å². The highest BCUT2D eigenvalue weighted by Crippen LogP contribution is 2.31. The average molecular weight is 238 g/mol. The Labute approximate surface area is 106 Å².